The summed E-state index contributed by atoms with van der Waals surface area (Å²) in [6.07, 6.45) is 1.03. The van der Waals surface area contributed by atoms with Crippen molar-refractivity contribution in [1.82, 2.24) is 9.80 Å². The molecule has 0 atom stereocenters. The highest BCUT2D eigenvalue weighted by molar-refractivity contribution is 5.87. The maximum Gasteiger partial charge on any atom is 0.232 e. The van der Waals surface area contributed by atoms with Crippen LogP contribution in [0.4, 0.5) is 0 Å². The van der Waals surface area contributed by atoms with E-state index in [1.54, 1.807) is 0 Å². The van der Waals surface area contributed by atoms with E-state index in [1.165, 1.54) is 5.56 Å². The number of carbonyl (C=O) groups excluding carboxylic acids is 1. The molecule has 1 saturated heterocycles. The molecule has 1 fully saturated rings. The van der Waals surface area contributed by atoms with Gasteiger partial charge in [0.2, 0.25) is 5.91 Å². The van der Waals surface area contributed by atoms with Crippen LogP contribution in [0.3, 0.4) is 0 Å². The third-order valence-corrected chi connectivity index (χ3v) is 5.15. The van der Waals surface area contributed by atoms with Crippen LogP contribution in [-0.4, -0.2) is 41.9 Å². The predicted molar refractivity (Wildman–Crippen MR) is 102 cm³/mol. The highest BCUT2D eigenvalue weighted by atomic mass is 16.2. The van der Waals surface area contributed by atoms with Crippen LogP contribution in [0, 0.1) is 0 Å². The summed E-state index contributed by atoms with van der Waals surface area (Å²) in [5.74, 6) is 0.236. The van der Waals surface area contributed by atoms with E-state index in [0.29, 0.717) is 0 Å². The first-order valence-electron chi connectivity index (χ1n) is 9.18. The highest BCUT2D eigenvalue weighted by Gasteiger charge is 2.34. The Labute approximate surface area is 151 Å². The number of carbonyl (C=O) groups is 1. The van der Waals surface area contributed by atoms with Crippen molar-refractivity contribution in [2.75, 3.05) is 26.2 Å². The van der Waals surface area contributed by atoms with Crippen LogP contribution in [0.15, 0.2) is 60.7 Å². The topological polar surface area (TPSA) is 23.6 Å². The number of benzene rings is 2. The van der Waals surface area contributed by atoms with Gasteiger partial charge in [-0.25, -0.2) is 0 Å². The lowest BCUT2D eigenvalue weighted by Gasteiger charge is -2.31. The van der Waals surface area contributed by atoms with Gasteiger partial charge in [-0.05, 0) is 31.4 Å². The average Bonchev–Trinajstić information content (AvgIpc) is 2.88. The van der Waals surface area contributed by atoms with Crippen molar-refractivity contribution in [3.63, 3.8) is 0 Å². The standard InChI is InChI=1S/C22H28N2O/c1-22(2,20-12-7-4-8-13-20)21(25)24-15-9-14-23(16-17-24)18-19-10-5-3-6-11-19/h3-8,10-13H,9,14-18H2,1-2H3. The van der Waals surface area contributed by atoms with Gasteiger partial charge in [-0.1, -0.05) is 60.7 Å². The number of nitrogens with zero attached hydrogens (tertiary/aromatic N) is 2. The molecule has 0 aliphatic carbocycles. The molecule has 3 heteroatoms. The monoisotopic (exact) mass is 336 g/mol. The van der Waals surface area contributed by atoms with E-state index in [-0.39, 0.29) is 5.91 Å². The number of amides is 1. The maximum absolute atomic E-state index is 13.1. The van der Waals surface area contributed by atoms with Crippen molar-refractivity contribution in [3.8, 4) is 0 Å². The molecule has 0 unspecified atom stereocenters. The van der Waals surface area contributed by atoms with Crippen molar-refractivity contribution in [3.05, 3.63) is 71.8 Å². The Morgan fingerprint density at radius 3 is 2.20 bits per heavy atom. The van der Waals surface area contributed by atoms with Gasteiger partial charge in [0, 0.05) is 32.7 Å². The van der Waals surface area contributed by atoms with E-state index < -0.39 is 5.41 Å². The molecule has 0 spiro atoms. The number of hydrogen-bond donors (Lipinski definition) is 0. The van der Waals surface area contributed by atoms with Crippen LogP contribution in [-0.2, 0) is 16.8 Å². The molecule has 0 N–H and O–H groups in total. The Bertz CT molecular complexity index is 682. The summed E-state index contributed by atoms with van der Waals surface area (Å²) in [5.41, 5.74) is 1.95. The number of hydrogen-bond acceptors (Lipinski definition) is 2. The van der Waals surface area contributed by atoms with E-state index in [9.17, 15) is 4.79 Å². The van der Waals surface area contributed by atoms with E-state index in [4.69, 9.17) is 0 Å². The van der Waals surface area contributed by atoms with Crippen LogP contribution in [0.2, 0.25) is 0 Å². The zero-order valence-corrected chi connectivity index (χ0v) is 15.3. The second-order valence-electron chi connectivity index (χ2n) is 7.40. The molecule has 3 nitrogen and oxygen atoms in total. The van der Waals surface area contributed by atoms with Gasteiger partial charge in [-0.3, -0.25) is 9.69 Å². The molecular weight excluding hydrogens is 308 g/mol. The minimum atomic E-state index is -0.476. The zero-order chi connectivity index (χ0) is 17.7. The molecular formula is C22H28N2O. The molecule has 132 valence electrons. The van der Waals surface area contributed by atoms with Gasteiger partial charge >= 0.3 is 0 Å². The summed E-state index contributed by atoms with van der Waals surface area (Å²) in [4.78, 5) is 17.7. The van der Waals surface area contributed by atoms with Gasteiger partial charge in [-0.15, -0.1) is 0 Å². The summed E-state index contributed by atoms with van der Waals surface area (Å²) in [5, 5.41) is 0. The molecule has 0 bridgehead atoms. The van der Waals surface area contributed by atoms with Crippen LogP contribution < -0.4 is 0 Å². The van der Waals surface area contributed by atoms with Gasteiger partial charge in [0.25, 0.3) is 0 Å². The predicted octanol–water partition coefficient (Wildman–Crippen LogP) is 3.70. The number of rotatable bonds is 4. The fourth-order valence-electron chi connectivity index (χ4n) is 3.55. The summed E-state index contributed by atoms with van der Waals surface area (Å²) in [6.45, 7) is 8.68. The third-order valence-electron chi connectivity index (χ3n) is 5.15. The van der Waals surface area contributed by atoms with Gasteiger partial charge < -0.3 is 4.90 Å². The van der Waals surface area contributed by atoms with Crippen LogP contribution in [0.1, 0.15) is 31.4 Å². The summed E-state index contributed by atoms with van der Waals surface area (Å²) < 4.78 is 0. The lowest BCUT2D eigenvalue weighted by Crippen LogP contribution is -2.45. The average molecular weight is 336 g/mol. The lowest BCUT2D eigenvalue weighted by atomic mass is 9.83. The Balaban J connectivity index is 1.63. The molecule has 1 amide bonds. The van der Waals surface area contributed by atoms with E-state index in [0.717, 1.165) is 44.7 Å². The fraction of sp³-hybridized carbons (Fsp3) is 0.409. The normalized spacial score (nSPS) is 16.5. The van der Waals surface area contributed by atoms with E-state index >= 15 is 0 Å². The lowest BCUT2D eigenvalue weighted by molar-refractivity contribution is -0.136. The summed E-state index contributed by atoms with van der Waals surface area (Å²) in [7, 11) is 0. The summed E-state index contributed by atoms with van der Waals surface area (Å²) >= 11 is 0. The molecule has 1 heterocycles. The van der Waals surface area contributed by atoms with Crippen LogP contribution in [0.5, 0.6) is 0 Å². The van der Waals surface area contributed by atoms with Gasteiger partial charge in [0.05, 0.1) is 5.41 Å². The third kappa shape index (κ3) is 4.29. The van der Waals surface area contributed by atoms with Gasteiger partial charge in [-0.2, -0.15) is 0 Å². The Morgan fingerprint density at radius 2 is 1.52 bits per heavy atom. The minimum Gasteiger partial charge on any atom is -0.341 e. The molecule has 0 radical (unpaired) electrons. The van der Waals surface area contributed by atoms with Crippen molar-refractivity contribution >= 4 is 5.91 Å². The quantitative estimate of drug-likeness (QED) is 0.850. The Morgan fingerprint density at radius 1 is 0.880 bits per heavy atom. The molecule has 2 aromatic rings. The van der Waals surface area contributed by atoms with Crippen molar-refractivity contribution < 1.29 is 4.79 Å². The molecule has 1 aliphatic heterocycles. The van der Waals surface area contributed by atoms with Crippen LogP contribution in [0.25, 0.3) is 0 Å². The van der Waals surface area contributed by atoms with E-state index in [1.807, 2.05) is 32.0 Å². The largest absolute Gasteiger partial charge is 0.341 e. The van der Waals surface area contributed by atoms with Gasteiger partial charge in [0.1, 0.15) is 0 Å². The smallest absolute Gasteiger partial charge is 0.232 e. The minimum absolute atomic E-state index is 0.236. The second-order valence-corrected chi connectivity index (χ2v) is 7.40. The van der Waals surface area contributed by atoms with Crippen molar-refractivity contribution in [2.24, 2.45) is 0 Å². The SMILES string of the molecule is CC(C)(C(=O)N1CCCN(Cc2ccccc2)CC1)c1ccccc1. The summed E-state index contributed by atoms with van der Waals surface area (Å²) in [6, 6.07) is 20.7. The first-order chi connectivity index (χ1) is 12.1. The molecule has 0 saturated carbocycles. The van der Waals surface area contributed by atoms with Crippen LogP contribution >= 0.6 is 0 Å². The van der Waals surface area contributed by atoms with Crippen molar-refractivity contribution in [1.29, 1.82) is 0 Å². The fourth-order valence-corrected chi connectivity index (χ4v) is 3.55. The van der Waals surface area contributed by atoms with Gasteiger partial charge in [0.15, 0.2) is 0 Å². The molecule has 3 rings (SSSR count). The van der Waals surface area contributed by atoms with E-state index in [2.05, 4.69) is 52.3 Å². The molecule has 0 aromatic heterocycles. The molecule has 1 aliphatic rings. The van der Waals surface area contributed by atoms with Crippen molar-refractivity contribution in [2.45, 2.75) is 32.2 Å². The Hall–Kier alpha value is -2.13. The maximum atomic E-state index is 13.1. The first kappa shape index (κ1) is 17.7. The first-order valence-corrected chi connectivity index (χ1v) is 9.18. The second kappa shape index (κ2) is 7.83. The molecule has 25 heavy (non-hydrogen) atoms. The molecule has 2 aromatic carbocycles. The highest BCUT2D eigenvalue weighted by Crippen LogP contribution is 2.26. The zero-order valence-electron chi connectivity index (χ0n) is 15.3. The Kier molecular flexibility index (Phi) is 5.54.